The topological polar surface area (TPSA) is 75.7 Å². The molecule has 2 amide bonds. The third-order valence-electron chi connectivity index (χ3n) is 5.01. The third-order valence-corrected chi connectivity index (χ3v) is 6.39. The molecule has 0 atom stereocenters. The van der Waals surface area contributed by atoms with E-state index in [1.165, 1.54) is 31.7 Å². The first-order chi connectivity index (χ1) is 14.0. The summed E-state index contributed by atoms with van der Waals surface area (Å²) in [4.78, 5) is 38.3. The Hall–Kier alpha value is -2.19. The van der Waals surface area contributed by atoms with Gasteiger partial charge in [0, 0.05) is 19.0 Å². The number of nitrogens with one attached hydrogen (secondary N) is 1. The molecule has 2 aliphatic rings. The summed E-state index contributed by atoms with van der Waals surface area (Å²) < 4.78 is 5.18. The Labute approximate surface area is 180 Å². The van der Waals surface area contributed by atoms with Crippen molar-refractivity contribution in [1.82, 2.24) is 10.2 Å². The second-order valence-electron chi connectivity index (χ2n) is 7.10. The summed E-state index contributed by atoms with van der Waals surface area (Å²) >= 11 is 6.60. The van der Waals surface area contributed by atoms with Crippen molar-refractivity contribution in [2.75, 3.05) is 13.7 Å². The van der Waals surface area contributed by atoms with Crippen LogP contribution in [0.2, 0.25) is 0 Å². The molecule has 3 rings (SSSR count). The van der Waals surface area contributed by atoms with Crippen molar-refractivity contribution < 1.29 is 19.1 Å². The van der Waals surface area contributed by atoms with Gasteiger partial charge in [0.2, 0.25) is 5.91 Å². The van der Waals surface area contributed by atoms with Gasteiger partial charge in [0.1, 0.15) is 4.32 Å². The van der Waals surface area contributed by atoms with Crippen LogP contribution in [0.5, 0.6) is 0 Å². The first kappa shape index (κ1) is 21.5. The Morgan fingerprint density at radius 1 is 1.28 bits per heavy atom. The lowest BCUT2D eigenvalue weighted by atomic mass is 10.1. The Morgan fingerprint density at radius 3 is 2.62 bits per heavy atom. The fourth-order valence-electron chi connectivity index (χ4n) is 3.45. The van der Waals surface area contributed by atoms with E-state index >= 15 is 0 Å². The molecule has 1 aliphatic carbocycles. The first-order valence-electron chi connectivity index (χ1n) is 9.71. The second kappa shape index (κ2) is 10.0. The molecule has 0 unspecified atom stereocenters. The average molecular weight is 433 g/mol. The highest BCUT2D eigenvalue weighted by Crippen LogP contribution is 2.32. The summed E-state index contributed by atoms with van der Waals surface area (Å²) in [7, 11) is 1.33. The number of methoxy groups -OCH3 is 1. The number of amides is 2. The number of hydrogen-bond acceptors (Lipinski definition) is 6. The van der Waals surface area contributed by atoms with Gasteiger partial charge in [0.15, 0.2) is 0 Å². The smallest absolute Gasteiger partial charge is 0.337 e. The zero-order valence-corrected chi connectivity index (χ0v) is 17.9. The molecular weight excluding hydrogens is 408 g/mol. The van der Waals surface area contributed by atoms with Gasteiger partial charge in [0.05, 0.1) is 17.6 Å². The van der Waals surface area contributed by atoms with Crippen molar-refractivity contribution in [3.63, 3.8) is 0 Å². The van der Waals surface area contributed by atoms with Crippen LogP contribution >= 0.6 is 24.0 Å². The summed E-state index contributed by atoms with van der Waals surface area (Å²) in [5.74, 6) is -0.503. The van der Waals surface area contributed by atoms with Crippen LogP contribution in [0.25, 0.3) is 6.08 Å². The summed E-state index contributed by atoms with van der Waals surface area (Å²) in [6.45, 7) is 0.432. The van der Waals surface area contributed by atoms with Crippen LogP contribution in [0, 0.1) is 0 Å². The van der Waals surface area contributed by atoms with E-state index in [2.05, 4.69) is 10.1 Å². The molecule has 29 heavy (non-hydrogen) atoms. The maximum absolute atomic E-state index is 12.7. The van der Waals surface area contributed by atoms with E-state index in [4.69, 9.17) is 12.2 Å². The number of hydrogen-bond donors (Lipinski definition) is 1. The Bertz CT molecular complexity index is 830. The fourth-order valence-corrected chi connectivity index (χ4v) is 4.75. The Kier molecular flexibility index (Phi) is 7.44. The zero-order valence-electron chi connectivity index (χ0n) is 16.3. The minimum atomic E-state index is -0.403. The molecular formula is C21H24N2O4S2. The monoisotopic (exact) mass is 432 g/mol. The number of rotatable bonds is 7. The highest BCUT2D eigenvalue weighted by Gasteiger charge is 2.31. The van der Waals surface area contributed by atoms with Crippen LogP contribution in [-0.2, 0) is 14.3 Å². The SMILES string of the molecule is COC(=O)c1ccc(/C=C2\SC(=S)N(CCCC(=O)NC3CCCC3)C2=O)cc1. The summed E-state index contributed by atoms with van der Waals surface area (Å²) in [6.07, 6.45) is 7.21. The fraction of sp³-hybridized carbons (Fsp3) is 0.429. The number of thioether (sulfide) groups is 1. The van der Waals surface area contributed by atoms with Gasteiger partial charge in [-0.3, -0.25) is 14.5 Å². The molecule has 1 saturated carbocycles. The molecule has 1 N–H and O–H groups in total. The minimum absolute atomic E-state index is 0.0450. The summed E-state index contributed by atoms with van der Waals surface area (Å²) in [6, 6.07) is 7.13. The van der Waals surface area contributed by atoms with E-state index in [9.17, 15) is 14.4 Å². The molecule has 0 aromatic heterocycles. The predicted molar refractivity (Wildman–Crippen MR) is 117 cm³/mol. The normalized spacial score (nSPS) is 18.5. The Morgan fingerprint density at radius 2 is 1.97 bits per heavy atom. The number of ether oxygens (including phenoxy) is 1. The van der Waals surface area contributed by atoms with Crippen LogP contribution < -0.4 is 5.32 Å². The molecule has 0 spiro atoms. The highest BCUT2D eigenvalue weighted by molar-refractivity contribution is 8.26. The van der Waals surface area contributed by atoms with Crippen molar-refractivity contribution in [1.29, 1.82) is 0 Å². The molecule has 1 aliphatic heterocycles. The number of benzene rings is 1. The molecule has 1 heterocycles. The average Bonchev–Trinajstić information content (AvgIpc) is 3.31. The molecule has 6 nitrogen and oxygen atoms in total. The lowest BCUT2D eigenvalue weighted by molar-refractivity contribution is -0.124. The number of nitrogens with zero attached hydrogens (tertiary/aromatic N) is 1. The standard InChI is InChI=1S/C21H24N2O4S2/c1-27-20(26)15-10-8-14(9-11-15)13-17-19(25)23(21(28)29-17)12-4-7-18(24)22-16-5-2-3-6-16/h8-11,13,16H,2-7,12H2,1H3,(H,22,24)/b17-13-. The van der Waals surface area contributed by atoms with Crippen molar-refractivity contribution in [2.45, 2.75) is 44.6 Å². The summed E-state index contributed by atoms with van der Waals surface area (Å²) in [5.41, 5.74) is 1.25. The lowest BCUT2D eigenvalue weighted by Crippen LogP contribution is -2.34. The molecule has 8 heteroatoms. The maximum atomic E-state index is 12.7. The quantitative estimate of drug-likeness (QED) is 0.404. The van der Waals surface area contributed by atoms with Crippen LogP contribution in [0.4, 0.5) is 0 Å². The van der Waals surface area contributed by atoms with Crippen LogP contribution in [-0.4, -0.2) is 46.7 Å². The molecule has 0 radical (unpaired) electrons. The maximum Gasteiger partial charge on any atom is 0.337 e. The van der Waals surface area contributed by atoms with Crippen molar-refractivity contribution in [3.8, 4) is 0 Å². The van der Waals surface area contributed by atoms with E-state index in [1.54, 1.807) is 35.2 Å². The van der Waals surface area contributed by atoms with Crippen LogP contribution in [0.1, 0.15) is 54.4 Å². The number of carbonyl (C=O) groups is 3. The largest absolute Gasteiger partial charge is 0.465 e. The molecule has 1 saturated heterocycles. The van der Waals surface area contributed by atoms with Gasteiger partial charge in [0.25, 0.3) is 5.91 Å². The highest BCUT2D eigenvalue weighted by atomic mass is 32.2. The van der Waals surface area contributed by atoms with E-state index in [0.29, 0.717) is 40.2 Å². The van der Waals surface area contributed by atoms with Gasteiger partial charge < -0.3 is 10.1 Å². The van der Waals surface area contributed by atoms with Gasteiger partial charge in [-0.15, -0.1) is 0 Å². The van der Waals surface area contributed by atoms with E-state index in [1.807, 2.05) is 0 Å². The minimum Gasteiger partial charge on any atom is -0.465 e. The molecule has 0 bridgehead atoms. The molecule has 1 aromatic rings. The molecule has 2 fully saturated rings. The number of thiocarbonyl (C=S) groups is 1. The van der Waals surface area contributed by atoms with Gasteiger partial charge in [-0.05, 0) is 43.0 Å². The van der Waals surface area contributed by atoms with Crippen molar-refractivity contribution in [3.05, 3.63) is 40.3 Å². The van der Waals surface area contributed by atoms with E-state index < -0.39 is 5.97 Å². The van der Waals surface area contributed by atoms with Crippen LogP contribution in [0.3, 0.4) is 0 Å². The Balaban J connectivity index is 1.52. The van der Waals surface area contributed by atoms with Crippen molar-refractivity contribution in [2.24, 2.45) is 0 Å². The first-order valence-corrected chi connectivity index (χ1v) is 10.9. The van der Waals surface area contributed by atoms with Gasteiger partial charge in [-0.25, -0.2) is 4.79 Å². The zero-order chi connectivity index (χ0) is 20.8. The van der Waals surface area contributed by atoms with Gasteiger partial charge in [-0.2, -0.15) is 0 Å². The summed E-state index contributed by atoms with van der Waals surface area (Å²) in [5, 5.41) is 3.06. The molecule has 1 aromatic carbocycles. The lowest BCUT2D eigenvalue weighted by Gasteiger charge is -2.15. The van der Waals surface area contributed by atoms with Gasteiger partial charge in [-0.1, -0.05) is 49.0 Å². The predicted octanol–water partition coefficient (Wildman–Crippen LogP) is 3.51. The number of carbonyl (C=O) groups excluding carboxylic acids is 3. The number of esters is 1. The third kappa shape index (κ3) is 5.67. The molecule has 154 valence electrons. The van der Waals surface area contributed by atoms with Gasteiger partial charge >= 0.3 is 5.97 Å². The van der Waals surface area contributed by atoms with E-state index in [-0.39, 0.29) is 11.8 Å². The van der Waals surface area contributed by atoms with Crippen molar-refractivity contribution >= 4 is 52.2 Å². The van der Waals surface area contributed by atoms with E-state index in [0.717, 1.165) is 18.4 Å². The second-order valence-corrected chi connectivity index (χ2v) is 8.78. The van der Waals surface area contributed by atoms with Crippen LogP contribution in [0.15, 0.2) is 29.2 Å².